The van der Waals surface area contributed by atoms with Gasteiger partial charge in [0.05, 0.1) is 7.11 Å². The maximum absolute atomic E-state index is 10.6. The molecule has 1 rings (SSSR count). The highest BCUT2D eigenvalue weighted by Gasteiger charge is 2.09. The Balaban J connectivity index is 3.20. The first-order valence-corrected chi connectivity index (χ1v) is 3.53. The van der Waals surface area contributed by atoms with Crippen molar-refractivity contribution in [3.63, 3.8) is 0 Å². The summed E-state index contributed by atoms with van der Waals surface area (Å²) >= 11 is 0. The topological polar surface area (TPSA) is 46.5 Å². The highest BCUT2D eigenvalue weighted by atomic mass is 16.5. The van der Waals surface area contributed by atoms with Gasteiger partial charge in [0.1, 0.15) is 19.2 Å². The van der Waals surface area contributed by atoms with Gasteiger partial charge >= 0.3 is 5.97 Å². The second-order valence-corrected chi connectivity index (χ2v) is 2.51. The first-order chi connectivity index (χ1) is 5.65. The molecule has 0 unspecified atom stereocenters. The van der Waals surface area contributed by atoms with Gasteiger partial charge in [-0.15, -0.1) is 0 Å². The predicted molar refractivity (Wildman–Crippen MR) is 48.1 cm³/mol. The summed E-state index contributed by atoms with van der Waals surface area (Å²) in [7, 11) is 3.34. The zero-order valence-electron chi connectivity index (χ0n) is 7.00. The molecular weight excluding hydrogens is 155 g/mol. The van der Waals surface area contributed by atoms with Crippen LogP contribution >= 0.6 is 0 Å². The summed E-state index contributed by atoms with van der Waals surface area (Å²) in [6.07, 6.45) is 0. The van der Waals surface area contributed by atoms with Crippen LogP contribution in [-0.4, -0.2) is 26.0 Å². The minimum atomic E-state index is -0.966. The highest BCUT2D eigenvalue weighted by molar-refractivity contribution is 6.32. The zero-order valence-corrected chi connectivity index (χ0v) is 7.00. The molecule has 4 heteroatoms. The maximum atomic E-state index is 10.6. The summed E-state index contributed by atoms with van der Waals surface area (Å²) in [5, 5.41) is 8.71. The summed E-state index contributed by atoms with van der Waals surface area (Å²) in [4.78, 5) is 10.6. The van der Waals surface area contributed by atoms with Crippen molar-refractivity contribution in [2.45, 2.75) is 0 Å². The average molecular weight is 164 g/mol. The number of methoxy groups -OCH3 is 1. The van der Waals surface area contributed by atoms with Gasteiger partial charge in [-0.3, -0.25) is 0 Å². The van der Waals surface area contributed by atoms with E-state index in [1.807, 2.05) is 7.85 Å². The maximum Gasteiger partial charge on any atom is 0.339 e. The molecule has 1 aromatic carbocycles. The Bertz CT molecular complexity index is 309. The fraction of sp³-hybridized carbons (Fsp3) is 0.125. The summed E-state index contributed by atoms with van der Waals surface area (Å²) in [5.41, 5.74) is 1.18. The van der Waals surface area contributed by atoms with Gasteiger partial charge in [-0.2, -0.15) is 0 Å². The first-order valence-electron chi connectivity index (χ1n) is 3.53. The van der Waals surface area contributed by atoms with Crippen LogP contribution in [0.3, 0.4) is 0 Å². The van der Waals surface area contributed by atoms with Gasteiger partial charge in [-0.25, -0.2) is 4.79 Å². The molecule has 0 aliphatic carbocycles. The Hall–Kier alpha value is -1.45. The summed E-state index contributed by atoms with van der Waals surface area (Å²) in [6.45, 7) is 0. The lowest BCUT2D eigenvalue weighted by atomic mass is 9.95. The molecule has 0 bridgehead atoms. The summed E-state index contributed by atoms with van der Waals surface area (Å²) in [6, 6.07) is 4.98. The van der Waals surface area contributed by atoms with Crippen LogP contribution in [0.2, 0.25) is 0 Å². The van der Waals surface area contributed by atoms with Crippen molar-refractivity contribution in [3.05, 3.63) is 23.8 Å². The molecule has 1 N–H and O–H groups in total. The quantitative estimate of drug-likeness (QED) is 0.607. The fourth-order valence-electron chi connectivity index (χ4n) is 0.975. The van der Waals surface area contributed by atoms with Crippen molar-refractivity contribution < 1.29 is 14.6 Å². The third kappa shape index (κ3) is 1.58. The Morgan fingerprint density at radius 2 is 2.25 bits per heavy atom. The number of benzene rings is 1. The lowest BCUT2D eigenvalue weighted by Crippen LogP contribution is -2.07. The fourth-order valence-corrected chi connectivity index (χ4v) is 0.975. The molecule has 0 amide bonds. The van der Waals surface area contributed by atoms with E-state index >= 15 is 0 Å². The second-order valence-electron chi connectivity index (χ2n) is 2.51. The van der Waals surface area contributed by atoms with E-state index in [0.717, 1.165) is 5.46 Å². The molecule has 3 nitrogen and oxygen atoms in total. The van der Waals surface area contributed by atoms with E-state index in [-0.39, 0.29) is 5.56 Å². The number of hydrogen-bond acceptors (Lipinski definition) is 2. The third-order valence-corrected chi connectivity index (χ3v) is 1.59. The van der Waals surface area contributed by atoms with Crippen molar-refractivity contribution in [1.29, 1.82) is 0 Å². The van der Waals surface area contributed by atoms with Gasteiger partial charge in [-0.05, 0) is 12.1 Å². The van der Waals surface area contributed by atoms with Gasteiger partial charge in [0.25, 0.3) is 0 Å². The van der Waals surface area contributed by atoms with Crippen LogP contribution in [0, 0.1) is 0 Å². The van der Waals surface area contributed by atoms with Crippen molar-refractivity contribution >= 4 is 19.3 Å². The van der Waals surface area contributed by atoms with Crippen LogP contribution in [0.5, 0.6) is 5.75 Å². The largest absolute Gasteiger partial charge is 0.496 e. The number of ether oxygens (including phenoxy) is 1. The average Bonchev–Trinajstić information content (AvgIpc) is 2.03. The van der Waals surface area contributed by atoms with Crippen LogP contribution in [0.25, 0.3) is 0 Å². The number of carbonyl (C=O) groups is 1. The molecule has 0 spiro atoms. The molecule has 0 atom stereocenters. The SMILES string of the molecule is Bc1ccc(C(=O)O)c(OC)c1. The van der Waals surface area contributed by atoms with Gasteiger partial charge < -0.3 is 9.84 Å². The van der Waals surface area contributed by atoms with E-state index in [0.29, 0.717) is 5.75 Å². The van der Waals surface area contributed by atoms with Crippen LogP contribution in [0.4, 0.5) is 0 Å². The molecule has 0 aliphatic rings. The number of aromatic carboxylic acids is 1. The number of rotatable bonds is 2. The van der Waals surface area contributed by atoms with Gasteiger partial charge in [0.15, 0.2) is 0 Å². The smallest absolute Gasteiger partial charge is 0.339 e. The highest BCUT2D eigenvalue weighted by Crippen LogP contribution is 2.15. The van der Waals surface area contributed by atoms with E-state index < -0.39 is 5.97 Å². The molecule has 0 saturated heterocycles. The lowest BCUT2D eigenvalue weighted by molar-refractivity contribution is 0.0693. The van der Waals surface area contributed by atoms with Crippen molar-refractivity contribution in [2.24, 2.45) is 0 Å². The molecule has 62 valence electrons. The van der Waals surface area contributed by atoms with E-state index in [1.165, 1.54) is 13.2 Å². The first kappa shape index (κ1) is 8.65. The van der Waals surface area contributed by atoms with Crippen molar-refractivity contribution in [2.75, 3.05) is 7.11 Å². The second kappa shape index (κ2) is 3.30. The van der Waals surface area contributed by atoms with E-state index in [2.05, 4.69) is 0 Å². The van der Waals surface area contributed by atoms with Gasteiger partial charge in [0.2, 0.25) is 0 Å². The van der Waals surface area contributed by atoms with Crippen LogP contribution in [-0.2, 0) is 0 Å². The minimum Gasteiger partial charge on any atom is -0.496 e. The minimum absolute atomic E-state index is 0.197. The molecular formula is C8H9BO3. The molecule has 0 heterocycles. The Morgan fingerprint density at radius 1 is 1.58 bits per heavy atom. The molecule has 0 aromatic heterocycles. The van der Waals surface area contributed by atoms with Gasteiger partial charge in [0, 0.05) is 0 Å². The van der Waals surface area contributed by atoms with Gasteiger partial charge in [-0.1, -0.05) is 11.5 Å². The standard InChI is InChI=1S/C8H9BO3/c1-12-7-4-5(9)2-3-6(7)8(10)11/h2-4H,9H2,1H3,(H,10,11). The van der Waals surface area contributed by atoms with Crippen LogP contribution in [0.15, 0.2) is 18.2 Å². The molecule has 0 radical (unpaired) electrons. The third-order valence-electron chi connectivity index (χ3n) is 1.59. The summed E-state index contributed by atoms with van der Waals surface area (Å²) < 4.78 is 4.91. The Labute approximate surface area is 71.4 Å². The summed E-state index contributed by atoms with van der Waals surface area (Å²) in [5.74, 6) is -0.561. The van der Waals surface area contributed by atoms with Crippen LogP contribution in [0.1, 0.15) is 10.4 Å². The molecule has 1 aromatic rings. The molecule has 0 fully saturated rings. The van der Waals surface area contributed by atoms with E-state index in [1.54, 1.807) is 12.1 Å². The molecule has 0 aliphatic heterocycles. The normalized spacial score (nSPS) is 9.42. The lowest BCUT2D eigenvalue weighted by Gasteiger charge is -2.04. The van der Waals surface area contributed by atoms with Crippen LogP contribution < -0.4 is 10.2 Å². The molecule has 0 saturated carbocycles. The zero-order chi connectivity index (χ0) is 9.14. The predicted octanol–water partition coefficient (Wildman–Crippen LogP) is -0.348. The van der Waals surface area contributed by atoms with E-state index in [9.17, 15) is 4.79 Å². The van der Waals surface area contributed by atoms with Crippen molar-refractivity contribution in [1.82, 2.24) is 0 Å². The Morgan fingerprint density at radius 3 is 2.75 bits per heavy atom. The Kier molecular flexibility index (Phi) is 2.38. The monoisotopic (exact) mass is 164 g/mol. The number of carboxylic acid groups (broad SMARTS) is 1. The molecule has 12 heavy (non-hydrogen) atoms. The van der Waals surface area contributed by atoms with E-state index in [4.69, 9.17) is 9.84 Å². The number of hydrogen-bond donors (Lipinski definition) is 1. The van der Waals surface area contributed by atoms with Crippen molar-refractivity contribution in [3.8, 4) is 5.75 Å². The number of carboxylic acids is 1.